The van der Waals surface area contributed by atoms with E-state index < -0.39 is 17.4 Å². The highest BCUT2D eigenvalue weighted by Gasteiger charge is 2.36. The smallest absolute Gasteiger partial charge is 0.348 e. The van der Waals surface area contributed by atoms with Gasteiger partial charge in [0, 0.05) is 11.9 Å². The number of thioether (sulfide) groups is 1. The van der Waals surface area contributed by atoms with Crippen molar-refractivity contribution in [2.75, 3.05) is 0 Å². The van der Waals surface area contributed by atoms with Crippen LogP contribution >= 0.6 is 11.8 Å². The fourth-order valence-corrected chi connectivity index (χ4v) is 4.72. The Morgan fingerprint density at radius 3 is 2.65 bits per heavy atom. The number of amides is 1. The number of hydrogen-bond acceptors (Lipinski definition) is 6. The Morgan fingerprint density at radius 1 is 1.26 bits per heavy atom. The molecule has 2 unspecified atom stereocenters. The number of nitrogens with two attached hydrogens (primary N) is 1. The van der Waals surface area contributed by atoms with Crippen LogP contribution in [-0.2, 0) is 11.3 Å². The van der Waals surface area contributed by atoms with Gasteiger partial charge in [-0.25, -0.2) is 13.9 Å². The topological polar surface area (TPSA) is 99.0 Å². The zero-order chi connectivity index (χ0) is 22.1. The first-order valence-electron chi connectivity index (χ1n) is 9.62. The molecule has 0 saturated heterocycles. The summed E-state index contributed by atoms with van der Waals surface area (Å²) in [6.07, 6.45) is 3.14. The summed E-state index contributed by atoms with van der Waals surface area (Å²) in [7, 11) is 0. The van der Waals surface area contributed by atoms with Crippen molar-refractivity contribution in [1.82, 2.24) is 24.2 Å². The minimum atomic E-state index is -0.545. The van der Waals surface area contributed by atoms with E-state index in [9.17, 15) is 14.0 Å². The molecule has 3 aromatic rings. The Kier molecular flexibility index (Phi) is 5.64. The van der Waals surface area contributed by atoms with E-state index in [0.29, 0.717) is 17.1 Å². The minimum Gasteiger partial charge on any atom is -0.365 e. The second-order valence-electron chi connectivity index (χ2n) is 7.16. The van der Waals surface area contributed by atoms with Crippen LogP contribution in [0.5, 0.6) is 0 Å². The molecule has 0 aliphatic carbocycles. The van der Waals surface area contributed by atoms with E-state index in [0.717, 1.165) is 11.3 Å². The van der Waals surface area contributed by atoms with E-state index >= 15 is 0 Å². The molecule has 31 heavy (non-hydrogen) atoms. The molecular weight excluding hydrogens is 419 g/mol. The number of aromatic nitrogens is 4. The van der Waals surface area contributed by atoms with Crippen LogP contribution in [0.15, 0.2) is 70.4 Å². The second-order valence-corrected chi connectivity index (χ2v) is 8.23. The molecular formula is C21H21FN6O2S. The van der Waals surface area contributed by atoms with E-state index in [1.807, 2.05) is 30.0 Å². The molecule has 160 valence electrons. The predicted octanol–water partition coefficient (Wildman–Crippen LogP) is 2.61. The standard InChI is InChI=1S/C21H21FN6O2S/c1-13(15-6-8-16(22)9-7-15)28-20(30)27(12-25-28)21-26(11-17-5-3-4-10-24-17)14(2)18(31-21)19(23)29/h3-10,12-13,21H,11H2,1-2H3,(H2,23,29). The van der Waals surface area contributed by atoms with Gasteiger partial charge in [-0.05, 0) is 43.7 Å². The Labute approximate surface area is 182 Å². The summed E-state index contributed by atoms with van der Waals surface area (Å²) < 4.78 is 16.1. The highest BCUT2D eigenvalue weighted by Crippen LogP contribution is 2.44. The first kappa shape index (κ1) is 20.9. The molecule has 1 aliphatic heterocycles. The van der Waals surface area contributed by atoms with Gasteiger partial charge in [-0.3, -0.25) is 14.3 Å². The highest BCUT2D eigenvalue weighted by atomic mass is 32.2. The molecule has 1 aliphatic rings. The van der Waals surface area contributed by atoms with Crippen LogP contribution in [0.3, 0.4) is 0 Å². The van der Waals surface area contributed by atoms with Crippen molar-refractivity contribution in [2.45, 2.75) is 31.9 Å². The van der Waals surface area contributed by atoms with Crippen molar-refractivity contribution < 1.29 is 9.18 Å². The third-order valence-corrected chi connectivity index (χ3v) is 6.63. The number of nitrogens with zero attached hydrogens (tertiary/aromatic N) is 5. The fraction of sp³-hybridized carbons (Fsp3) is 0.238. The van der Waals surface area contributed by atoms with E-state index in [1.54, 1.807) is 25.3 Å². The van der Waals surface area contributed by atoms with Gasteiger partial charge in [-0.1, -0.05) is 30.0 Å². The number of allylic oxidation sites excluding steroid dienone is 1. The van der Waals surface area contributed by atoms with Crippen molar-refractivity contribution >= 4 is 17.7 Å². The van der Waals surface area contributed by atoms with Crippen molar-refractivity contribution in [2.24, 2.45) is 5.73 Å². The van der Waals surface area contributed by atoms with Crippen molar-refractivity contribution in [3.05, 3.63) is 93.1 Å². The molecule has 0 spiro atoms. The van der Waals surface area contributed by atoms with E-state index in [2.05, 4.69) is 10.1 Å². The SMILES string of the molecule is CC1=C(C(N)=O)SC(n2cnn(C(C)c3ccc(F)cc3)c2=O)N1Cc1ccccn1. The van der Waals surface area contributed by atoms with Gasteiger partial charge in [0.2, 0.25) is 0 Å². The first-order chi connectivity index (χ1) is 14.9. The van der Waals surface area contributed by atoms with Crippen LogP contribution in [0.1, 0.15) is 36.6 Å². The number of pyridine rings is 1. The normalized spacial score (nSPS) is 17.3. The summed E-state index contributed by atoms with van der Waals surface area (Å²) >= 11 is 1.21. The molecule has 3 heterocycles. The summed E-state index contributed by atoms with van der Waals surface area (Å²) in [6.45, 7) is 4.01. The summed E-state index contributed by atoms with van der Waals surface area (Å²) in [5.41, 5.74) is 6.91. The summed E-state index contributed by atoms with van der Waals surface area (Å²) in [6, 6.07) is 11.1. The minimum absolute atomic E-state index is 0.345. The van der Waals surface area contributed by atoms with Crippen LogP contribution < -0.4 is 11.4 Å². The van der Waals surface area contributed by atoms with Crippen LogP contribution in [0.2, 0.25) is 0 Å². The lowest BCUT2D eigenvalue weighted by Crippen LogP contribution is -2.34. The average Bonchev–Trinajstić information content (AvgIpc) is 3.29. The quantitative estimate of drug-likeness (QED) is 0.633. The number of rotatable bonds is 6. The summed E-state index contributed by atoms with van der Waals surface area (Å²) in [5, 5.41) is 4.28. The molecule has 10 heteroatoms. The number of carbonyl (C=O) groups excluding carboxylic acids is 1. The summed E-state index contributed by atoms with van der Waals surface area (Å²) in [4.78, 5) is 31.8. The maximum Gasteiger partial charge on any atom is 0.348 e. The van der Waals surface area contributed by atoms with Crippen molar-refractivity contribution in [3.63, 3.8) is 0 Å². The van der Waals surface area contributed by atoms with Crippen LogP contribution in [-0.4, -0.2) is 30.1 Å². The van der Waals surface area contributed by atoms with Gasteiger partial charge in [0.1, 0.15) is 12.1 Å². The number of benzene rings is 1. The largest absolute Gasteiger partial charge is 0.365 e. The molecule has 1 amide bonds. The van der Waals surface area contributed by atoms with Crippen LogP contribution in [0.4, 0.5) is 4.39 Å². The van der Waals surface area contributed by atoms with Gasteiger partial charge in [-0.15, -0.1) is 0 Å². The lowest BCUT2D eigenvalue weighted by Gasteiger charge is -2.27. The molecule has 4 rings (SSSR count). The van der Waals surface area contributed by atoms with Gasteiger partial charge in [0.25, 0.3) is 5.91 Å². The van der Waals surface area contributed by atoms with Gasteiger partial charge in [0.15, 0.2) is 5.50 Å². The third-order valence-electron chi connectivity index (χ3n) is 5.21. The molecule has 0 bridgehead atoms. The van der Waals surface area contributed by atoms with Gasteiger partial charge in [0.05, 0.1) is 23.2 Å². The van der Waals surface area contributed by atoms with E-state index in [1.165, 1.54) is 39.5 Å². The maximum atomic E-state index is 13.3. The maximum absolute atomic E-state index is 13.3. The molecule has 0 fully saturated rings. The zero-order valence-corrected chi connectivity index (χ0v) is 17.8. The number of halogens is 1. The molecule has 1 aromatic carbocycles. The number of hydrogen-bond donors (Lipinski definition) is 1. The third kappa shape index (κ3) is 3.98. The van der Waals surface area contributed by atoms with Crippen molar-refractivity contribution in [1.29, 1.82) is 0 Å². The lowest BCUT2D eigenvalue weighted by molar-refractivity contribution is -0.114. The van der Waals surface area contributed by atoms with Crippen LogP contribution in [0, 0.1) is 5.82 Å². The Bertz CT molecular complexity index is 1190. The van der Waals surface area contributed by atoms with E-state index in [-0.39, 0.29) is 11.5 Å². The Morgan fingerprint density at radius 2 is 2.00 bits per heavy atom. The predicted molar refractivity (Wildman–Crippen MR) is 115 cm³/mol. The molecule has 2 N–H and O–H groups in total. The second kappa shape index (κ2) is 8.38. The lowest BCUT2D eigenvalue weighted by atomic mass is 10.1. The molecule has 8 nitrogen and oxygen atoms in total. The Hall–Kier alpha value is -3.40. The fourth-order valence-electron chi connectivity index (χ4n) is 3.48. The number of carbonyl (C=O) groups is 1. The summed E-state index contributed by atoms with van der Waals surface area (Å²) in [5.74, 6) is -0.891. The Balaban J connectivity index is 1.68. The molecule has 2 atom stereocenters. The monoisotopic (exact) mass is 440 g/mol. The van der Waals surface area contributed by atoms with Gasteiger partial charge >= 0.3 is 5.69 Å². The average molecular weight is 441 g/mol. The zero-order valence-electron chi connectivity index (χ0n) is 17.0. The van der Waals surface area contributed by atoms with Crippen molar-refractivity contribution in [3.8, 4) is 0 Å². The van der Waals surface area contributed by atoms with E-state index in [4.69, 9.17) is 5.73 Å². The van der Waals surface area contributed by atoms with Gasteiger partial charge in [-0.2, -0.15) is 5.10 Å². The molecule has 2 aromatic heterocycles. The van der Waals surface area contributed by atoms with Crippen LogP contribution in [0.25, 0.3) is 0 Å². The number of primary amides is 1. The molecule has 0 saturated carbocycles. The first-order valence-corrected chi connectivity index (χ1v) is 10.5. The van der Waals surface area contributed by atoms with Gasteiger partial charge < -0.3 is 10.6 Å². The molecule has 0 radical (unpaired) electrons. The highest BCUT2D eigenvalue weighted by molar-refractivity contribution is 8.04.